The van der Waals surface area contributed by atoms with Crippen LogP contribution in [0.1, 0.15) is 0 Å². The maximum Gasteiger partial charge on any atom is 0.295 e. The van der Waals surface area contributed by atoms with Crippen LogP contribution in [0.3, 0.4) is 0 Å². The van der Waals surface area contributed by atoms with Crippen LogP contribution >= 0.6 is 0 Å². The van der Waals surface area contributed by atoms with Crippen LogP contribution in [0.4, 0.5) is 0 Å². The van der Waals surface area contributed by atoms with Crippen LogP contribution in [0, 0.1) is 0 Å². The number of hydrogen-bond acceptors (Lipinski definition) is 4. The third-order valence-electron chi connectivity index (χ3n) is 2.60. The van der Waals surface area contributed by atoms with Crippen molar-refractivity contribution in [1.82, 2.24) is 5.32 Å². The van der Waals surface area contributed by atoms with Crippen molar-refractivity contribution in [3.8, 4) is 0 Å². The Labute approximate surface area is 124 Å². The quantitative estimate of drug-likeness (QED) is 0.446. The highest BCUT2D eigenvalue weighted by molar-refractivity contribution is 7.86. The van der Waals surface area contributed by atoms with Gasteiger partial charge >= 0.3 is 0 Å². The fraction of sp³-hybridized carbons (Fsp3) is 0.200. The minimum Gasteiger partial charge on any atom is -0.395 e. The minimum atomic E-state index is -4.13. The lowest BCUT2D eigenvalue weighted by Crippen LogP contribution is -2.17. The predicted octanol–water partition coefficient (Wildman–Crippen LogP) is 1.84. The molecule has 2 rings (SSSR count). The Hall–Kier alpha value is -1.73. The second-order valence-corrected chi connectivity index (χ2v) is 5.56. The number of benzene rings is 2. The van der Waals surface area contributed by atoms with Crippen molar-refractivity contribution in [2.24, 2.45) is 0 Å². The van der Waals surface area contributed by atoms with Crippen LogP contribution < -0.4 is 5.32 Å². The molecule has 0 aromatic heterocycles. The van der Waals surface area contributed by atoms with Gasteiger partial charge in [-0.1, -0.05) is 42.5 Å². The third-order valence-corrected chi connectivity index (χ3v) is 3.52. The molecule has 0 heterocycles. The molecule has 114 valence electrons. The fourth-order valence-electron chi connectivity index (χ4n) is 1.70. The Morgan fingerprint density at radius 2 is 1.81 bits per heavy atom. The molecule has 0 bridgehead atoms. The second kappa shape index (κ2) is 8.53. The van der Waals surface area contributed by atoms with E-state index in [1.807, 2.05) is 6.07 Å². The van der Waals surface area contributed by atoms with E-state index in [0.29, 0.717) is 11.9 Å². The predicted molar refractivity (Wildman–Crippen MR) is 83.9 cm³/mol. The summed E-state index contributed by atoms with van der Waals surface area (Å²) in [6, 6.07) is 11.8. The van der Waals surface area contributed by atoms with Gasteiger partial charge in [0.2, 0.25) is 0 Å². The Bertz CT molecular complexity index is 678. The van der Waals surface area contributed by atoms with E-state index >= 15 is 0 Å². The molecule has 2 aromatic carbocycles. The monoisotopic (exact) mass is 309 g/mol. The molecule has 0 radical (unpaired) electrons. The van der Waals surface area contributed by atoms with Gasteiger partial charge in [-0.15, -0.1) is 6.58 Å². The first-order chi connectivity index (χ1) is 10.0. The standard InChI is InChI=1S/C10H8O3S.C5H11NO/c11-14(12,13)10-7-3-5-8-4-1-2-6-9(8)10;1-2-3-6-4-5-7/h1-7H,(H,11,12,13);2,6-7H,1,3-5H2. The maximum atomic E-state index is 11.0. The summed E-state index contributed by atoms with van der Waals surface area (Å²) >= 11 is 0. The van der Waals surface area contributed by atoms with Crippen molar-refractivity contribution in [1.29, 1.82) is 0 Å². The van der Waals surface area contributed by atoms with Gasteiger partial charge in [0.15, 0.2) is 0 Å². The molecule has 6 heteroatoms. The molecule has 0 aliphatic carbocycles. The number of hydrogen-bond donors (Lipinski definition) is 3. The van der Waals surface area contributed by atoms with Gasteiger partial charge in [0.25, 0.3) is 10.1 Å². The lowest BCUT2D eigenvalue weighted by atomic mass is 10.1. The molecule has 0 unspecified atom stereocenters. The highest BCUT2D eigenvalue weighted by Crippen LogP contribution is 2.21. The van der Waals surface area contributed by atoms with Gasteiger partial charge in [0.05, 0.1) is 6.61 Å². The van der Waals surface area contributed by atoms with E-state index in [0.717, 1.165) is 11.9 Å². The normalized spacial score (nSPS) is 10.8. The number of nitrogens with one attached hydrogen (secondary N) is 1. The van der Waals surface area contributed by atoms with E-state index in [-0.39, 0.29) is 11.5 Å². The zero-order valence-electron chi connectivity index (χ0n) is 11.6. The fourth-order valence-corrected chi connectivity index (χ4v) is 2.42. The largest absolute Gasteiger partial charge is 0.395 e. The summed E-state index contributed by atoms with van der Waals surface area (Å²) in [5.74, 6) is 0. The molecule has 0 aliphatic rings. The highest BCUT2D eigenvalue weighted by atomic mass is 32.2. The average Bonchev–Trinajstić information content (AvgIpc) is 2.47. The van der Waals surface area contributed by atoms with E-state index in [9.17, 15) is 8.42 Å². The first kappa shape index (κ1) is 17.3. The van der Waals surface area contributed by atoms with Gasteiger partial charge in [0, 0.05) is 18.5 Å². The van der Waals surface area contributed by atoms with E-state index in [4.69, 9.17) is 9.66 Å². The van der Waals surface area contributed by atoms with Crippen molar-refractivity contribution < 1.29 is 18.1 Å². The summed E-state index contributed by atoms with van der Waals surface area (Å²) in [6.45, 7) is 5.13. The number of aliphatic hydroxyl groups is 1. The molecular weight excluding hydrogens is 290 g/mol. The van der Waals surface area contributed by atoms with Crippen molar-refractivity contribution >= 4 is 20.9 Å². The van der Waals surface area contributed by atoms with Crippen molar-refractivity contribution in [2.75, 3.05) is 19.7 Å². The Morgan fingerprint density at radius 3 is 2.43 bits per heavy atom. The lowest BCUT2D eigenvalue weighted by molar-refractivity contribution is 0.294. The summed E-state index contributed by atoms with van der Waals surface area (Å²) in [6.07, 6.45) is 1.76. The third kappa shape index (κ3) is 5.65. The summed E-state index contributed by atoms with van der Waals surface area (Å²) < 4.78 is 31.0. The van der Waals surface area contributed by atoms with Crippen LogP contribution in [-0.4, -0.2) is 37.8 Å². The van der Waals surface area contributed by atoms with Gasteiger partial charge in [-0.2, -0.15) is 8.42 Å². The Kier molecular flexibility index (Phi) is 7.04. The molecule has 3 N–H and O–H groups in total. The van der Waals surface area contributed by atoms with Crippen LogP contribution in [0.25, 0.3) is 10.8 Å². The van der Waals surface area contributed by atoms with Crippen LogP contribution in [0.15, 0.2) is 60.0 Å². The second-order valence-electron chi connectivity index (χ2n) is 4.17. The zero-order chi connectivity index (χ0) is 15.7. The molecule has 0 saturated carbocycles. The molecule has 2 aromatic rings. The molecular formula is C15H19NO4S. The van der Waals surface area contributed by atoms with Crippen molar-refractivity contribution in [2.45, 2.75) is 4.90 Å². The van der Waals surface area contributed by atoms with Crippen LogP contribution in [0.5, 0.6) is 0 Å². The number of fused-ring (bicyclic) bond motifs is 1. The maximum absolute atomic E-state index is 11.0. The summed E-state index contributed by atoms with van der Waals surface area (Å²) in [5.41, 5.74) is 0. The summed E-state index contributed by atoms with van der Waals surface area (Å²) in [4.78, 5) is -0.0457. The summed E-state index contributed by atoms with van der Waals surface area (Å²) in [7, 11) is -4.13. The summed E-state index contributed by atoms with van der Waals surface area (Å²) in [5, 5.41) is 12.4. The van der Waals surface area contributed by atoms with E-state index in [1.165, 1.54) is 6.07 Å². The SMILES string of the molecule is C=CCNCCO.O=S(=O)(O)c1cccc2ccccc12. The molecule has 0 aliphatic heterocycles. The highest BCUT2D eigenvalue weighted by Gasteiger charge is 2.12. The number of aliphatic hydroxyl groups excluding tert-OH is 1. The molecule has 0 fully saturated rings. The van der Waals surface area contributed by atoms with E-state index in [2.05, 4.69) is 11.9 Å². The first-order valence-corrected chi connectivity index (χ1v) is 7.82. The number of rotatable bonds is 5. The Morgan fingerprint density at radius 1 is 1.14 bits per heavy atom. The van der Waals surface area contributed by atoms with E-state index < -0.39 is 10.1 Å². The zero-order valence-corrected chi connectivity index (χ0v) is 12.4. The average molecular weight is 309 g/mol. The minimum absolute atomic E-state index is 0.0457. The molecule has 0 atom stereocenters. The van der Waals surface area contributed by atoms with Gasteiger partial charge in [-0.3, -0.25) is 4.55 Å². The van der Waals surface area contributed by atoms with Gasteiger partial charge in [0.1, 0.15) is 4.90 Å². The smallest absolute Gasteiger partial charge is 0.295 e. The topological polar surface area (TPSA) is 86.6 Å². The van der Waals surface area contributed by atoms with Crippen LogP contribution in [0.2, 0.25) is 0 Å². The van der Waals surface area contributed by atoms with Gasteiger partial charge < -0.3 is 10.4 Å². The van der Waals surface area contributed by atoms with Crippen LogP contribution in [-0.2, 0) is 10.1 Å². The molecule has 21 heavy (non-hydrogen) atoms. The molecule has 5 nitrogen and oxygen atoms in total. The van der Waals surface area contributed by atoms with Gasteiger partial charge in [-0.25, -0.2) is 0 Å². The first-order valence-electron chi connectivity index (χ1n) is 6.38. The molecule has 0 spiro atoms. The molecule has 0 saturated heterocycles. The molecule has 0 amide bonds. The lowest BCUT2D eigenvalue weighted by Gasteiger charge is -2.02. The van der Waals surface area contributed by atoms with Gasteiger partial charge in [-0.05, 0) is 11.5 Å². The van der Waals surface area contributed by atoms with E-state index in [1.54, 1.807) is 36.4 Å². The van der Waals surface area contributed by atoms with Crippen molar-refractivity contribution in [3.63, 3.8) is 0 Å². The Balaban J connectivity index is 0.000000270. The van der Waals surface area contributed by atoms with Crippen molar-refractivity contribution in [3.05, 3.63) is 55.1 Å².